The molecule has 4 amide bonds. The number of methoxy groups -OCH3 is 1. The first-order valence-electron chi connectivity index (χ1n) is 8.50. The maximum atomic E-state index is 14.3. The van der Waals surface area contributed by atoms with Gasteiger partial charge >= 0.3 is 12.1 Å². The highest BCUT2D eigenvalue weighted by molar-refractivity contribution is 5.93. The minimum absolute atomic E-state index is 0.00929. The number of ether oxygens (including phenoxy) is 2. The molecule has 3 N–H and O–H groups in total. The Morgan fingerprint density at radius 2 is 2.19 bits per heavy atom. The molecule has 1 aromatic rings. The van der Waals surface area contributed by atoms with E-state index in [0.717, 1.165) is 0 Å². The molecule has 2 aliphatic heterocycles. The van der Waals surface area contributed by atoms with Gasteiger partial charge in [-0.05, 0) is 18.2 Å². The zero-order chi connectivity index (χ0) is 19.6. The Balaban J connectivity index is 1.62. The fraction of sp³-hybridized carbons (Fsp3) is 0.471. The molecular formula is C17H21FN4O5. The van der Waals surface area contributed by atoms with Crippen molar-refractivity contribution < 1.29 is 28.2 Å². The van der Waals surface area contributed by atoms with Gasteiger partial charge < -0.3 is 25.4 Å². The van der Waals surface area contributed by atoms with Crippen molar-refractivity contribution in [3.63, 3.8) is 0 Å². The number of benzene rings is 1. The Labute approximate surface area is 155 Å². The van der Waals surface area contributed by atoms with E-state index in [1.165, 1.54) is 35.1 Å². The third-order valence-electron chi connectivity index (χ3n) is 4.74. The van der Waals surface area contributed by atoms with Crippen LogP contribution in [-0.4, -0.2) is 62.4 Å². The van der Waals surface area contributed by atoms with Crippen LogP contribution in [0.2, 0.25) is 0 Å². The summed E-state index contributed by atoms with van der Waals surface area (Å²) in [7, 11) is 1.50. The number of cyclic esters (lactones) is 1. The first-order valence-corrected chi connectivity index (χ1v) is 8.50. The number of primary amides is 1. The van der Waals surface area contributed by atoms with E-state index in [1.54, 1.807) is 0 Å². The zero-order valence-electron chi connectivity index (χ0n) is 14.8. The molecule has 0 spiro atoms. The minimum atomic E-state index is -0.658. The number of carbonyl (C=O) groups excluding carboxylic acids is 3. The van der Waals surface area contributed by atoms with E-state index in [1.807, 2.05) is 0 Å². The number of likely N-dealkylation sites (tertiary alicyclic amines) is 1. The summed E-state index contributed by atoms with van der Waals surface area (Å²) in [6.45, 7) is 1.22. The summed E-state index contributed by atoms with van der Waals surface area (Å²) in [5.41, 5.74) is 5.64. The van der Waals surface area contributed by atoms with E-state index in [2.05, 4.69) is 5.32 Å². The van der Waals surface area contributed by atoms with Gasteiger partial charge in [-0.1, -0.05) is 0 Å². The maximum Gasteiger partial charge on any atom is 0.414 e. The Kier molecular flexibility index (Phi) is 5.45. The highest BCUT2D eigenvalue weighted by Crippen LogP contribution is 2.26. The molecule has 2 atom stereocenters. The number of urea groups is 1. The van der Waals surface area contributed by atoms with Crippen LogP contribution < -0.4 is 16.0 Å². The molecule has 2 fully saturated rings. The summed E-state index contributed by atoms with van der Waals surface area (Å²) in [4.78, 5) is 37.9. The quantitative estimate of drug-likeness (QED) is 0.795. The first kappa shape index (κ1) is 18.9. The number of nitrogens with zero attached hydrogens (tertiary/aromatic N) is 2. The SMILES string of the molecule is CO[C@@H]1CN(C(N)=O)CC1CC(=O)Nc1ccc(N2CCOC2=O)cc1F. The van der Waals surface area contributed by atoms with Crippen LogP contribution in [0, 0.1) is 11.7 Å². The molecule has 27 heavy (non-hydrogen) atoms. The largest absolute Gasteiger partial charge is 0.447 e. The van der Waals surface area contributed by atoms with Gasteiger partial charge in [0.15, 0.2) is 0 Å². The molecule has 2 saturated heterocycles. The van der Waals surface area contributed by atoms with E-state index in [9.17, 15) is 18.8 Å². The summed E-state index contributed by atoms with van der Waals surface area (Å²) in [5.74, 6) is -1.29. The number of carbonyl (C=O) groups is 3. The molecule has 2 heterocycles. The second-order valence-corrected chi connectivity index (χ2v) is 6.46. The van der Waals surface area contributed by atoms with Gasteiger partial charge in [-0.25, -0.2) is 14.0 Å². The van der Waals surface area contributed by atoms with Gasteiger partial charge in [0, 0.05) is 32.5 Å². The Morgan fingerprint density at radius 3 is 2.78 bits per heavy atom. The lowest BCUT2D eigenvalue weighted by atomic mass is 10.0. The van der Waals surface area contributed by atoms with Gasteiger partial charge in [-0.2, -0.15) is 0 Å². The lowest BCUT2D eigenvalue weighted by Gasteiger charge is -2.17. The van der Waals surface area contributed by atoms with Crippen molar-refractivity contribution in [1.29, 1.82) is 0 Å². The van der Waals surface area contributed by atoms with Crippen LogP contribution in [0.3, 0.4) is 0 Å². The number of nitrogens with two attached hydrogens (primary N) is 1. The van der Waals surface area contributed by atoms with E-state index in [0.29, 0.717) is 25.3 Å². The Hall–Kier alpha value is -2.88. The van der Waals surface area contributed by atoms with Crippen molar-refractivity contribution in [3.8, 4) is 0 Å². The molecule has 0 saturated carbocycles. The molecule has 1 aromatic carbocycles. The molecule has 146 valence electrons. The number of anilines is 2. The molecule has 2 aliphatic rings. The average Bonchev–Trinajstić information content (AvgIpc) is 3.22. The standard InChI is InChI=1S/C17H21FN4O5/c1-26-14-9-21(16(19)24)8-10(14)6-15(23)20-13-3-2-11(7-12(13)18)22-4-5-27-17(22)25/h2-3,7,10,14H,4-6,8-9H2,1H3,(H2,19,24)(H,20,23)/t10?,14-/m1/s1. The average molecular weight is 380 g/mol. The lowest BCUT2D eigenvalue weighted by molar-refractivity contribution is -0.117. The molecular weight excluding hydrogens is 359 g/mol. The first-order chi connectivity index (χ1) is 12.9. The van der Waals surface area contributed by atoms with Gasteiger partial charge in [-0.15, -0.1) is 0 Å². The number of rotatable bonds is 5. The zero-order valence-corrected chi connectivity index (χ0v) is 14.8. The van der Waals surface area contributed by atoms with Gasteiger partial charge in [0.05, 0.1) is 24.0 Å². The van der Waals surface area contributed by atoms with Crippen LogP contribution in [0.5, 0.6) is 0 Å². The fourth-order valence-corrected chi connectivity index (χ4v) is 3.33. The smallest absolute Gasteiger partial charge is 0.414 e. The van der Waals surface area contributed by atoms with E-state index in [-0.39, 0.29) is 30.7 Å². The number of amides is 4. The molecule has 0 aliphatic carbocycles. The Bertz CT molecular complexity index is 759. The highest BCUT2D eigenvalue weighted by Gasteiger charge is 2.36. The summed E-state index contributed by atoms with van der Waals surface area (Å²) in [5, 5.41) is 2.52. The fourth-order valence-electron chi connectivity index (χ4n) is 3.33. The highest BCUT2D eigenvalue weighted by atomic mass is 19.1. The predicted molar refractivity (Wildman–Crippen MR) is 93.8 cm³/mol. The van der Waals surface area contributed by atoms with Crippen LogP contribution in [-0.2, 0) is 14.3 Å². The summed E-state index contributed by atoms with van der Waals surface area (Å²) in [6, 6.07) is 3.53. The van der Waals surface area contributed by atoms with Crippen molar-refractivity contribution in [2.24, 2.45) is 11.7 Å². The third kappa shape index (κ3) is 4.11. The molecule has 10 heteroatoms. The van der Waals surface area contributed by atoms with Gasteiger partial charge in [0.25, 0.3) is 0 Å². The monoisotopic (exact) mass is 380 g/mol. The van der Waals surface area contributed by atoms with E-state index >= 15 is 0 Å². The summed E-state index contributed by atoms with van der Waals surface area (Å²) >= 11 is 0. The Morgan fingerprint density at radius 1 is 1.41 bits per heavy atom. The second-order valence-electron chi connectivity index (χ2n) is 6.46. The van der Waals surface area contributed by atoms with Crippen molar-refractivity contribution in [2.75, 3.05) is 43.6 Å². The van der Waals surface area contributed by atoms with Crippen LogP contribution in [0.1, 0.15) is 6.42 Å². The lowest BCUT2D eigenvalue weighted by Crippen LogP contribution is -2.34. The summed E-state index contributed by atoms with van der Waals surface area (Å²) in [6.07, 6.45) is -0.782. The third-order valence-corrected chi connectivity index (χ3v) is 4.74. The van der Waals surface area contributed by atoms with Crippen LogP contribution in [0.4, 0.5) is 25.4 Å². The summed E-state index contributed by atoms with van der Waals surface area (Å²) < 4.78 is 24.5. The number of nitrogens with one attached hydrogen (secondary N) is 1. The number of hydrogen-bond acceptors (Lipinski definition) is 5. The number of halogens is 1. The topological polar surface area (TPSA) is 114 Å². The van der Waals surface area contributed by atoms with Crippen molar-refractivity contribution in [1.82, 2.24) is 4.90 Å². The molecule has 0 bridgehead atoms. The minimum Gasteiger partial charge on any atom is -0.447 e. The van der Waals surface area contributed by atoms with Gasteiger partial charge in [0.2, 0.25) is 5.91 Å². The predicted octanol–water partition coefficient (Wildman–Crippen LogP) is 1.14. The molecule has 1 unspecified atom stereocenters. The molecule has 0 radical (unpaired) electrons. The van der Waals surface area contributed by atoms with E-state index < -0.39 is 23.8 Å². The van der Waals surface area contributed by atoms with Gasteiger partial charge in [-0.3, -0.25) is 9.69 Å². The molecule has 3 rings (SSSR count). The van der Waals surface area contributed by atoms with Crippen molar-refractivity contribution in [2.45, 2.75) is 12.5 Å². The molecule has 0 aromatic heterocycles. The van der Waals surface area contributed by atoms with Crippen molar-refractivity contribution >= 4 is 29.4 Å². The molecule has 9 nitrogen and oxygen atoms in total. The van der Waals surface area contributed by atoms with E-state index in [4.69, 9.17) is 15.2 Å². The van der Waals surface area contributed by atoms with Crippen LogP contribution in [0.25, 0.3) is 0 Å². The second kappa shape index (κ2) is 7.78. The normalized spacial score (nSPS) is 22.1. The van der Waals surface area contributed by atoms with Crippen LogP contribution >= 0.6 is 0 Å². The van der Waals surface area contributed by atoms with Crippen molar-refractivity contribution in [3.05, 3.63) is 24.0 Å². The van der Waals surface area contributed by atoms with Crippen LogP contribution in [0.15, 0.2) is 18.2 Å². The number of hydrogen-bond donors (Lipinski definition) is 2. The van der Waals surface area contributed by atoms with Gasteiger partial charge in [0.1, 0.15) is 12.4 Å². The maximum absolute atomic E-state index is 14.3.